The zero-order chi connectivity index (χ0) is 27.5. The third kappa shape index (κ3) is 5.00. The number of esters is 1. The Morgan fingerprint density at radius 1 is 1.05 bits per heavy atom. The predicted octanol–water partition coefficient (Wildman–Crippen LogP) is 1.34. The number of carboxylic acid groups (broad SMARTS) is 1. The number of allylic oxidation sites excluding steroid dienone is 2. The summed E-state index contributed by atoms with van der Waals surface area (Å²) in [5.74, 6) is -1.25. The number of carboxylic acids is 1. The van der Waals surface area contributed by atoms with Crippen LogP contribution < -0.4 is 34.7 Å². The molecule has 0 unspecified atom stereocenters. The predicted molar refractivity (Wildman–Crippen MR) is 140 cm³/mol. The normalized spacial score (nSPS) is 45.0. The molecule has 6 nitrogen and oxygen atoms in total. The van der Waals surface area contributed by atoms with Gasteiger partial charge < -0.3 is 24.9 Å². The van der Waals surface area contributed by atoms with Crippen molar-refractivity contribution in [2.75, 3.05) is 0 Å². The van der Waals surface area contributed by atoms with Gasteiger partial charge in [-0.05, 0) is 116 Å². The van der Waals surface area contributed by atoms with E-state index in [2.05, 4.69) is 27.7 Å². The SMILES string of the molecule is CC(=O)O[C@@H]1C[C@]2(C)[C@H](C[C@@H](O)[C@H]3[C@@]4(C)CC[C@@H](O)[C@@H](C)[C@@H]4CC[C@@]32C)/C1=C(/CCC=C(C)C)C(=O)[O-].[Na+]. The second-order valence-corrected chi connectivity index (χ2v) is 13.6. The van der Waals surface area contributed by atoms with Crippen molar-refractivity contribution >= 4 is 11.9 Å². The number of hydrogen-bond acceptors (Lipinski definition) is 6. The van der Waals surface area contributed by atoms with E-state index in [0.717, 1.165) is 31.3 Å². The summed E-state index contributed by atoms with van der Waals surface area (Å²) in [5.41, 5.74) is 1.31. The fourth-order valence-electron chi connectivity index (χ4n) is 9.78. The number of carbonyl (C=O) groups excluding carboxylic acids is 2. The van der Waals surface area contributed by atoms with Crippen molar-refractivity contribution < 1.29 is 59.2 Å². The summed E-state index contributed by atoms with van der Waals surface area (Å²) in [7, 11) is 0. The molecule has 0 spiro atoms. The van der Waals surface area contributed by atoms with Gasteiger partial charge in [0.1, 0.15) is 6.10 Å². The molecular formula is C31H47NaO6. The summed E-state index contributed by atoms with van der Waals surface area (Å²) in [6.45, 7) is 14.4. The van der Waals surface area contributed by atoms with Crippen LogP contribution in [0.15, 0.2) is 22.8 Å². The third-order valence-electron chi connectivity index (χ3n) is 11.6. The van der Waals surface area contributed by atoms with Gasteiger partial charge in [-0.3, -0.25) is 4.79 Å². The topological polar surface area (TPSA) is 107 Å². The van der Waals surface area contributed by atoms with E-state index in [0.29, 0.717) is 37.2 Å². The largest absolute Gasteiger partial charge is 1.00 e. The quantitative estimate of drug-likeness (QED) is 0.237. The Balaban J connectivity index is 0.00000400. The molecule has 0 radical (unpaired) electrons. The summed E-state index contributed by atoms with van der Waals surface area (Å²) in [5, 5.41) is 35.0. The zero-order valence-electron chi connectivity index (χ0n) is 24.8. The van der Waals surface area contributed by atoms with Gasteiger partial charge in [0.05, 0.1) is 18.2 Å². The molecule has 0 saturated heterocycles. The molecule has 4 aliphatic rings. The van der Waals surface area contributed by atoms with Crippen molar-refractivity contribution in [2.24, 2.45) is 39.9 Å². The van der Waals surface area contributed by atoms with Crippen molar-refractivity contribution in [1.29, 1.82) is 0 Å². The summed E-state index contributed by atoms with van der Waals surface area (Å²) in [6, 6.07) is 0. The molecule has 0 bridgehead atoms. The number of ether oxygens (including phenoxy) is 1. The van der Waals surface area contributed by atoms with Crippen LogP contribution in [0, 0.1) is 39.9 Å². The van der Waals surface area contributed by atoms with Gasteiger partial charge in [0.2, 0.25) is 0 Å². The number of carbonyl (C=O) groups is 2. The van der Waals surface area contributed by atoms with Crippen LogP contribution in [-0.2, 0) is 14.3 Å². The molecule has 4 fully saturated rings. The smallest absolute Gasteiger partial charge is 0.545 e. The zero-order valence-corrected chi connectivity index (χ0v) is 26.8. The van der Waals surface area contributed by atoms with Crippen LogP contribution in [0.2, 0.25) is 0 Å². The van der Waals surface area contributed by atoms with Crippen LogP contribution in [0.4, 0.5) is 0 Å². The number of fused-ring (bicyclic) bond motifs is 5. The van der Waals surface area contributed by atoms with Gasteiger partial charge >= 0.3 is 35.5 Å². The number of rotatable bonds is 5. The molecule has 0 heterocycles. The van der Waals surface area contributed by atoms with Gasteiger partial charge in [-0.2, -0.15) is 0 Å². The van der Waals surface area contributed by atoms with Crippen LogP contribution in [-0.4, -0.2) is 40.5 Å². The minimum absolute atomic E-state index is 0. The maximum atomic E-state index is 12.5. The first-order valence-corrected chi connectivity index (χ1v) is 14.3. The van der Waals surface area contributed by atoms with Crippen molar-refractivity contribution in [1.82, 2.24) is 0 Å². The van der Waals surface area contributed by atoms with Crippen LogP contribution in [0.5, 0.6) is 0 Å². The molecule has 0 aromatic carbocycles. The monoisotopic (exact) mass is 538 g/mol. The molecule has 4 aliphatic carbocycles. The molecule has 10 atom stereocenters. The molecule has 0 aromatic rings. The van der Waals surface area contributed by atoms with Crippen LogP contribution in [0.3, 0.4) is 0 Å². The van der Waals surface area contributed by atoms with E-state index >= 15 is 0 Å². The molecule has 0 amide bonds. The van der Waals surface area contributed by atoms with Crippen molar-refractivity contribution in [3.05, 3.63) is 22.8 Å². The van der Waals surface area contributed by atoms with E-state index in [4.69, 9.17) is 4.74 Å². The standard InChI is InChI=1S/C31H48O6.Na/c1-17(2)9-8-10-20(28(35)36)26-22-15-24(34)27-29(5)13-12-23(33)18(3)21(29)11-14-30(27,6)31(22,7)16-25(26)37-19(4)32;/h9,18,21-25,27,33-34H,8,10-16H2,1-7H3,(H,35,36);/q;+1/p-1/b26-20+;/t18-,21-,22+,23+,24+,25+,27-,29-,30-,31+;/m0./s1. The maximum Gasteiger partial charge on any atom is 1.00 e. The van der Waals surface area contributed by atoms with E-state index in [9.17, 15) is 24.9 Å². The third-order valence-corrected chi connectivity index (χ3v) is 11.6. The summed E-state index contributed by atoms with van der Waals surface area (Å²) in [6.07, 6.45) is 5.92. The van der Waals surface area contributed by atoms with E-state index in [1.54, 1.807) is 0 Å². The van der Waals surface area contributed by atoms with E-state index in [1.165, 1.54) is 6.92 Å². The van der Waals surface area contributed by atoms with Crippen LogP contribution in [0.1, 0.15) is 99.8 Å². The Morgan fingerprint density at radius 3 is 2.29 bits per heavy atom. The van der Waals surface area contributed by atoms with Gasteiger partial charge in [-0.1, -0.05) is 39.3 Å². The first-order chi connectivity index (χ1) is 17.2. The van der Waals surface area contributed by atoms with Crippen molar-refractivity contribution in [3.8, 4) is 0 Å². The van der Waals surface area contributed by atoms with E-state index in [1.807, 2.05) is 19.9 Å². The molecular weight excluding hydrogens is 491 g/mol. The first-order valence-electron chi connectivity index (χ1n) is 14.3. The van der Waals surface area contributed by atoms with Crippen molar-refractivity contribution in [3.63, 3.8) is 0 Å². The minimum atomic E-state index is -1.20. The van der Waals surface area contributed by atoms with E-state index < -0.39 is 24.1 Å². The molecule has 7 heteroatoms. The number of hydrogen-bond donors (Lipinski definition) is 2. The Morgan fingerprint density at radius 2 is 1.71 bits per heavy atom. The fraction of sp³-hybridized carbons (Fsp3) is 0.806. The second-order valence-electron chi connectivity index (χ2n) is 13.6. The molecule has 208 valence electrons. The van der Waals surface area contributed by atoms with Crippen molar-refractivity contribution in [2.45, 2.75) is 118 Å². The van der Waals surface area contributed by atoms with Gasteiger partial charge in [0.15, 0.2) is 0 Å². The van der Waals surface area contributed by atoms with Crippen LogP contribution in [0.25, 0.3) is 0 Å². The van der Waals surface area contributed by atoms with Gasteiger partial charge in [0, 0.05) is 6.92 Å². The minimum Gasteiger partial charge on any atom is -0.545 e. The van der Waals surface area contributed by atoms with Gasteiger partial charge in [-0.15, -0.1) is 0 Å². The first kappa shape index (κ1) is 31.9. The van der Waals surface area contributed by atoms with Gasteiger partial charge in [-0.25, -0.2) is 0 Å². The second kappa shape index (κ2) is 11.3. The Bertz CT molecular complexity index is 1000. The van der Waals surface area contributed by atoms with Gasteiger partial charge in [0.25, 0.3) is 0 Å². The molecule has 0 aromatic heterocycles. The number of aliphatic hydroxyl groups excluding tert-OH is 2. The van der Waals surface area contributed by atoms with Crippen LogP contribution >= 0.6 is 0 Å². The maximum absolute atomic E-state index is 12.5. The van der Waals surface area contributed by atoms with E-state index in [-0.39, 0.29) is 75.2 Å². The number of aliphatic carboxylic acids is 1. The summed E-state index contributed by atoms with van der Waals surface area (Å²) >= 11 is 0. The fourth-order valence-corrected chi connectivity index (χ4v) is 9.78. The Hall–Kier alpha value is -0.660. The summed E-state index contributed by atoms with van der Waals surface area (Å²) < 4.78 is 5.84. The molecule has 0 aliphatic heterocycles. The average Bonchev–Trinajstić information content (AvgIpc) is 3.05. The Kier molecular flexibility index (Phi) is 9.49. The molecule has 2 N–H and O–H groups in total. The average molecular weight is 539 g/mol. The molecule has 38 heavy (non-hydrogen) atoms. The summed E-state index contributed by atoms with van der Waals surface area (Å²) in [4.78, 5) is 24.7. The Labute approximate surface area is 251 Å². The number of aliphatic hydroxyl groups is 2. The molecule has 4 saturated carbocycles. The molecule has 4 rings (SSSR count).